The smallest absolute Gasteiger partial charge is 0.145 e. The lowest BCUT2D eigenvalue weighted by molar-refractivity contribution is -0.428. The Morgan fingerprint density at radius 1 is 0.778 bits per heavy atom. The molecule has 2 rings (SSSR count). The van der Waals surface area contributed by atoms with Crippen LogP contribution in [0.1, 0.15) is 17.2 Å². The van der Waals surface area contributed by atoms with Crippen LogP contribution in [0.5, 0.6) is 0 Å². The van der Waals surface area contributed by atoms with Crippen molar-refractivity contribution in [2.45, 2.75) is 6.10 Å². The number of nitrogens with zero attached hydrogens (tertiary/aromatic N) is 1. The van der Waals surface area contributed by atoms with Gasteiger partial charge in [-0.1, -0.05) is 60.7 Å². The molecule has 0 spiro atoms. The van der Waals surface area contributed by atoms with Crippen LogP contribution < -0.4 is 0 Å². The van der Waals surface area contributed by atoms with Gasteiger partial charge in [-0.15, -0.1) is 4.99 Å². The molecular weight excluding hydrogens is 226 g/mol. The topological polar surface area (TPSA) is 21.7 Å². The lowest BCUT2D eigenvalue weighted by Crippen LogP contribution is -2.16. The minimum absolute atomic E-state index is 0.227. The second-order valence-corrected chi connectivity index (χ2v) is 4.18. The number of rotatable bonds is 5. The zero-order chi connectivity index (χ0) is 12.8. The Labute approximate surface area is 107 Å². The van der Waals surface area contributed by atoms with Gasteiger partial charge in [-0.25, -0.2) is 4.89 Å². The molecule has 0 atom stereocenters. The second-order valence-electron chi connectivity index (χ2n) is 4.18. The number of benzene rings is 2. The molecule has 0 aliphatic heterocycles. The molecule has 0 aliphatic rings. The van der Waals surface area contributed by atoms with Crippen LogP contribution in [0.2, 0.25) is 0 Å². The van der Waals surface area contributed by atoms with Gasteiger partial charge in [-0.3, -0.25) is 0 Å². The largest absolute Gasteiger partial charge is 0.205 e. The molecule has 0 heterocycles. The fourth-order valence-electron chi connectivity index (χ4n) is 1.69. The molecule has 0 fully saturated rings. The van der Waals surface area contributed by atoms with Gasteiger partial charge in [-0.2, -0.15) is 5.06 Å². The molecule has 3 nitrogen and oxygen atoms in total. The van der Waals surface area contributed by atoms with Crippen molar-refractivity contribution in [2.24, 2.45) is 0 Å². The van der Waals surface area contributed by atoms with E-state index in [0.29, 0.717) is 0 Å². The van der Waals surface area contributed by atoms with Gasteiger partial charge in [0.1, 0.15) is 6.10 Å². The lowest BCUT2D eigenvalue weighted by Gasteiger charge is -2.19. The van der Waals surface area contributed by atoms with E-state index in [0.717, 1.165) is 11.1 Å². The van der Waals surface area contributed by atoms with Crippen molar-refractivity contribution in [3.8, 4) is 0 Å². The first-order valence-corrected chi connectivity index (χ1v) is 5.88. The zero-order valence-corrected chi connectivity index (χ0v) is 10.6. The molecule has 0 saturated heterocycles. The monoisotopic (exact) mass is 243 g/mol. The van der Waals surface area contributed by atoms with E-state index in [1.165, 1.54) is 5.06 Å². The van der Waals surface area contributed by atoms with Crippen LogP contribution in [0.4, 0.5) is 0 Å². The van der Waals surface area contributed by atoms with E-state index < -0.39 is 0 Å². The maximum Gasteiger partial charge on any atom is 0.145 e. The van der Waals surface area contributed by atoms with Crippen molar-refractivity contribution < 1.29 is 9.88 Å². The summed E-state index contributed by atoms with van der Waals surface area (Å²) in [6, 6.07) is 20.0. The van der Waals surface area contributed by atoms with Crippen LogP contribution in [0.15, 0.2) is 60.7 Å². The second kappa shape index (κ2) is 6.31. The summed E-state index contributed by atoms with van der Waals surface area (Å²) in [6.07, 6.45) is -0.227. The summed E-state index contributed by atoms with van der Waals surface area (Å²) in [7, 11) is 3.57. The molecule has 0 radical (unpaired) electrons. The Morgan fingerprint density at radius 2 is 1.22 bits per heavy atom. The van der Waals surface area contributed by atoms with Crippen molar-refractivity contribution in [3.05, 3.63) is 71.8 Å². The molecule has 2 aromatic rings. The number of hydrogen-bond acceptors (Lipinski definition) is 3. The molecule has 0 bridgehead atoms. The standard InChI is InChI=1S/C15H17NO2/c1-16(2)18-17-15(13-9-5-3-6-10-13)14-11-7-4-8-12-14/h3-12,15H,1-2H3. The van der Waals surface area contributed by atoms with Crippen molar-refractivity contribution in [1.29, 1.82) is 0 Å². The van der Waals surface area contributed by atoms with Gasteiger partial charge in [0.05, 0.1) is 0 Å². The first kappa shape index (κ1) is 12.8. The third kappa shape index (κ3) is 3.40. The Morgan fingerprint density at radius 3 is 1.61 bits per heavy atom. The molecule has 0 amide bonds. The normalized spacial score (nSPS) is 11.1. The van der Waals surface area contributed by atoms with E-state index in [9.17, 15) is 0 Å². The fraction of sp³-hybridized carbons (Fsp3) is 0.200. The molecule has 94 valence electrons. The van der Waals surface area contributed by atoms with Gasteiger partial charge in [0, 0.05) is 14.1 Å². The SMILES string of the molecule is CN(C)OOC(c1ccccc1)c1ccccc1. The molecule has 0 aromatic heterocycles. The molecule has 0 saturated carbocycles. The van der Waals surface area contributed by atoms with Gasteiger partial charge in [-0.05, 0) is 11.1 Å². The van der Waals surface area contributed by atoms with Crippen molar-refractivity contribution in [3.63, 3.8) is 0 Å². The summed E-state index contributed by atoms with van der Waals surface area (Å²) in [6.45, 7) is 0. The number of hydrogen-bond donors (Lipinski definition) is 0. The van der Waals surface area contributed by atoms with Crippen LogP contribution in [0.3, 0.4) is 0 Å². The molecule has 0 aliphatic carbocycles. The van der Waals surface area contributed by atoms with E-state index in [1.54, 1.807) is 14.1 Å². The zero-order valence-electron chi connectivity index (χ0n) is 10.6. The van der Waals surface area contributed by atoms with Gasteiger partial charge in [0.2, 0.25) is 0 Å². The van der Waals surface area contributed by atoms with Crippen molar-refractivity contribution in [2.75, 3.05) is 14.1 Å². The highest BCUT2D eigenvalue weighted by Crippen LogP contribution is 2.25. The van der Waals surface area contributed by atoms with Gasteiger partial charge in [0.15, 0.2) is 0 Å². The van der Waals surface area contributed by atoms with Gasteiger partial charge >= 0.3 is 0 Å². The Kier molecular flexibility index (Phi) is 4.47. The first-order valence-electron chi connectivity index (χ1n) is 5.88. The van der Waals surface area contributed by atoms with E-state index in [1.807, 2.05) is 60.7 Å². The summed E-state index contributed by atoms with van der Waals surface area (Å²) < 4.78 is 0. The van der Waals surface area contributed by atoms with Crippen molar-refractivity contribution in [1.82, 2.24) is 5.06 Å². The minimum atomic E-state index is -0.227. The third-order valence-corrected chi connectivity index (χ3v) is 2.49. The van der Waals surface area contributed by atoms with Crippen LogP contribution in [-0.4, -0.2) is 19.2 Å². The highest BCUT2D eigenvalue weighted by atomic mass is 17.3. The Balaban J connectivity index is 2.24. The predicted molar refractivity (Wildman–Crippen MR) is 70.6 cm³/mol. The third-order valence-electron chi connectivity index (χ3n) is 2.49. The summed E-state index contributed by atoms with van der Waals surface area (Å²) in [5.41, 5.74) is 2.12. The highest BCUT2D eigenvalue weighted by molar-refractivity contribution is 5.29. The molecule has 0 N–H and O–H groups in total. The predicted octanol–water partition coefficient (Wildman–Crippen LogP) is 3.20. The van der Waals surface area contributed by atoms with Crippen molar-refractivity contribution >= 4 is 0 Å². The summed E-state index contributed by atoms with van der Waals surface area (Å²) in [5, 5.41) is 1.53. The quantitative estimate of drug-likeness (QED) is 0.594. The Bertz CT molecular complexity index is 417. The lowest BCUT2D eigenvalue weighted by atomic mass is 10.0. The maximum atomic E-state index is 5.50. The summed E-state index contributed by atoms with van der Waals surface area (Å²) in [5.74, 6) is 0. The van der Waals surface area contributed by atoms with Crippen LogP contribution in [-0.2, 0) is 9.88 Å². The molecular formula is C15H17NO2. The number of hydroxylamine groups is 2. The molecule has 3 heteroatoms. The van der Waals surface area contributed by atoms with Crippen LogP contribution in [0.25, 0.3) is 0 Å². The average Bonchev–Trinajstić information content (AvgIpc) is 2.41. The highest BCUT2D eigenvalue weighted by Gasteiger charge is 2.16. The van der Waals surface area contributed by atoms with Gasteiger partial charge in [0.25, 0.3) is 0 Å². The van der Waals surface area contributed by atoms with Crippen LogP contribution >= 0.6 is 0 Å². The minimum Gasteiger partial charge on any atom is -0.205 e. The van der Waals surface area contributed by atoms with Crippen LogP contribution in [0, 0.1) is 0 Å². The Hall–Kier alpha value is -1.68. The molecule has 18 heavy (non-hydrogen) atoms. The van der Waals surface area contributed by atoms with E-state index in [4.69, 9.17) is 9.88 Å². The van der Waals surface area contributed by atoms with E-state index >= 15 is 0 Å². The first-order chi connectivity index (χ1) is 8.77. The summed E-state index contributed by atoms with van der Waals surface area (Å²) >= 11 is 0. The maximum absolute atomic E-state index is 5.50. The summed E-state index contributed by atoms with van der Waals surface area (Å²) in [4.78, 5) is 10.6. The van der Waals surface area contributed by atoms with Gasteiger partial charge < -0.3 is 0 Å². The van der Waals surface area contributed by atoms with E-state index in [2.05, 4.69) is 0 Å². The fourth-order valence-corrected chi connectivity index (χ4v) is 1.69. The molecule has 2 aromatic carbocycles. The van der Waals surface area contributed by atoms with E-state index in [-0.39, 0.29) is 6.10 Å². The molecule has 0 unspecified atom stereocenters. The average molecular weight is 243 g/mol.